The van der Waals surface area contributed by atoms with Crippen LogP contribution in [0.15, 0.2) is 54.6 Å². The Balaban J connectivity index is 2.10. The number of carbonyl (C=O) groups excluding carboxylic acids is 4. The van der Waals surface area contributed by atoms with Gasteiger partial charge in [-0.25, -0.2) is 4.79 Å². The van der Waals surface area contributed by atoms with E-state index in [9.17, 15) is 34.2 Å². The minimum absolute atomic E-state index is 0.00113. The topological polar surface area (TPSA) is 320 Å². The second-order valence-corrected chi connectivity index (χ2v) is 14.9. The molecule has 2 atom stereocenters. The molecule has 62 heavy (non-hydrogen) atoms. The van der Waals surface area contributed by atoms with Gasteiger partial charge in [-0.15, -0.1) is 0 Å². The first kappa shape index (κ1) is 49.7. The van der Waals surface area contributed by atoms with E-state index in [2.05, 4.69) is 20.6 Å². The van der Waals surface area contributed by atoms with Gasteiger partial charge < -0.3 is 62.4 Å². The number of amides is 2. The molecule has 2 amide bonds. The number of rotatable bonds is 24. The van der Waals surface area contributed by atoms with E-state index < -0.39 is 60.9 Å². The third-order valence-corrected chi connectivity index (χ3v) is 9.56. The number of aliphatic imine (C=N–C) groups is 2. The average molecular weight is 865 g/mol. The van der Waals surface area contributed by atoms with Crippen LogP contribution >= 0.6 is 0 Å². The molecule has 0 aliphatic rings. The summed E-state index contributed by atoms with van der Waals surface area (Å²) in [5, 5.41) is 27.6. The number of fused-ring (bicyclic) bond motifs is 2. The van der Waals surface area contributed by atoms with Gasteiger partial charge in [0.15, 0.2) is 30.9 Å². The van der Waals surface area contributed by atoms with Crippen molar-refractivity contribution in [2.45, 2.75) is 98.3 Å². The molecule has 19 heteroatoms. The van der Waals surface area contributed by atoms with Crippen molar-refractivity contribution in [2.75, 3.05) is 33.4 Å². The first-order chi connectivity index (χ1) is 29.4. The zero-order valence-electron chi connectivity index (χ0n) is 36.2. The van der Waals surface area contributed by atoms with Crippen molar-refractivity contribution in [1.82, 2.24) is 10.6 Å². The number of hydrogen-bond acceptors (Lipinski definition) is 13. The summed E-state index contributed by atoms with van der Waals surface area (Å²) >= 11 is 0. The Bertz CT molecular complexity index is 2280. The fraction of sp³-hybridized carbons (Fsp3) is 0.465. The number of methoxy groups -OCH3 is 1. The Kier molecular flexibility index (Phi) is 19.2. The maximum Gasteiger partial charge on any atom is 0.328 e. The van der Waals surface area contributed by atoms with E-state index in [4.69, 9.17) is 41.6 Å². The number of allylic oxidation sites excluding steroid dienone is 4. The molecule has 0 fully saturated rings. The van der Waals surface area contributed by atoms with Crippen molar-refractivity contribution in [1.29, 1.82) is 0 Å². The quantitative estimate of drug-likeness (QED) is 0.0160. The predicted molar refractivity (Wildman–Crippen MR) is 236 cm³/mol. The summed E-state index contributed by atoms with van der Waals surface area (Å²) in [6.45, 7) is 7.86. The molecule has 0 saturated heterocycles. The van der Waals surface area contributed by atoms with Gasteiger partial charge >= 0.3 is 5.97 Å². The van der Waals surface area contributed by atoms with E-state index in [1.807, 2.05) is 39.8 Å². The summed E-state index contributed by atoms with van der Waals surface area (Å²) in [5.74, 6) is -2.74. The minimum atomic E-state index is -1.03. The molecule has 0 unspecified atom stereocenters. The lowest BCUT2D eigenvalue weighted by atomic mass is 9.95. The van der Waals surface area contributed by atoms with Crippen molar-refractivity contribution in [2.24, 2.45) is 32.9 Å². The minimum Gasteiger partial charge on any atom is -0.507 e. The summed E-state index contributed by atoms with van der Waals surface area (Å²) in [7, 11) is 1.19. The summed E-state index contributed by atoms with van der Waals surface area (Å²) in [5.41, 5.74) is 23.4. The van der Waals surface area contributed by atoms with Gasteiger partial charge in [-0.05, 0) is 71.8 Å². The molecule has 2 aromatic carbocycles. The molecule has 12 N–H and O–H groups in total. The number of aliphatic hydroxyl groups excluding tert-OH is 1. The number of nitrogens with one attached hydrogen (secondary N) is 2. The number of Topliss-reactive ketones (excluding diaryl/α,β-unsaturated/α-hetero) is 1. The highest BCUT2D eigenvalue weighted by Gasteiger charge is 2.26. The van der Waals surface area contributed by atoms with Crippen LogP contribution in [0.1, 0.15) is 83.4 Å². The van der Waals surface area contributed by atoms with Gasteiger partial charge in [-0.3, -0.25) is 29.2 Å². The SMILES string of the molecule is CCC(=O)[C@H](CCCN=C(N)N)NC(=O)COc1cc2oc3cc(OCC(=O)N[C@@H](CCCN=C(N)N)C(=O)OC)c(CO)c(CC=C(C)C)c3c(=O)c2c(O)c1CC=C(C)C. The number of phenols is 1. The molecule has 19 nitrogen and oxygen atoms in total. The van der Waals surface area contributed by atoms with Crippen molar-refractivity contribution in [3.8, 4) is 17.2 Å². The van der Waals surface area contributed by atoms with Gasteiger partial charge in [0.05, 0.1) is 25.1 Å². The summed E-state index contributed by atoms with van der Waals surface area (Å²) in [6, 6.07) is 0.906. The van der Waals surface area contributed by atoms with Crippen molar-refractivity contribution in [3.63, 3.8) is 0 Å². The zero-order valence-corrected chi connectivity index (χ0v) is 36.2. The highest BCUT2D eigenvalue weighted by molar-refractivity contribution is 5.98. The zero-order chi connectivity index (χ0) is 46.1. The van der Waals surface area contributed by atoms with Crippen LogP contribution in [-0.4, -0.2) is 91.2 Å². The molecule has 0 radical (unpaired) electrons. The average Bonchev–Trinajstić information content (AvgIpc) is 3.21. The third-order valence-electron chi connectivity index (χ3n) is 9.56. The van der Waals surface area contributed by atoms with Crippen molar-refractivity contribution >= 4 is 57.4 Å². The molecule has 1 aromatic heterocycles. The van der Waals surface area contributed by atoms with Crippen LogP contribution in [0.2, 0.25) is 0 Å². The molecule has 338 valence electrons. The maximum absolute atomic E-state index is 14.5. The van der Waals surface area contributed by atoms with E-state index in [1.54, 1.807) is 6.92 Å². The molecule has 0 spiro atoms. The lowest BCUT2D eigenvalue weighted by molar-refractivity contribution is -0.145. The molecule has 1 heterocycles. The molecule has 0 bridgehead atoms. The largest absolute Gasteiger partial charge is 0.507 e. The number of ether oxygens (including phenoxy) is 3. The van der Waals surface area contributed by atoms with Gasteiger partial charge in [-0.1, -0.05) is 30.2 Å². The Morgan fingerprint density at radius 3 is 1.74 bits per heavy atom. The number of nitrogens with two attached hydrogens (primary N) is 4. The number of carbonyl (C=O) groups is 4. The van der Waals surface area contributed by atoms with E-state index in [-0.39, 0.29) is 107 Å². The molecule has 3 rings (SSSR count). The van der Waals surface area contributed by atoms with Crippen molar-refractivity contribution in [3.05, 3.63) is 62.3 Å². The van der Waals surface area contributed by atoms with Crippen LogP contribution in [-0.2, 0) is 43.4 Å². The van der Waals surface area contributed by atoms with Gasteiger partial charge in [0, 0.05) is 42.8 Å². The summed E-state index contributed by atoms with van der Waals surface area (Å²) in [6.07, 6.45) is 5.33. The number of guanidine groups is 2. The van der Waals surface area contributed by atoms with Crippen LogP contribution in [0, 0.1) is 0 Å². The highest BCUT2D eigenvalue weighted by atomic mass is 16.5. The van der Waals surface area contributed by atoms with E-state index >= 15 is 0 Å². The van der Waals surface area contributed by atoms with Crippen LogP contribution < -0.4 is 48.5 Å². The number of esters is 1. The standard InChI is InChI=1S/C43H60N8O11/c1-7-30(53)28(10-8-16-48-42(44)45)50-35(54)21-60-31-18-34-38(39(56)26(31)15-13-24(4)5)40(57)37-25(14-12-23(2)3)27(20-52)32(19-33(37)62-34)61-22-36(55)51-29(41(58)59-6)11-9-17-49-43(46)47/h12-13,18-19,28-29,52,56H,7-11,14-17,20-22H2,1-6H3,(H,50,54)(H,51,55)(H4,44,45,48)(H4,46,47,49)/t28-,29-/m0/s1. The van der Waals surface area contributed by atoms with Gasteiger partial charge in [0.2, 0.25) is 5.43 Å². The number of hydrogen-bond donors (Lipinski definition) is 8. The van der Waals surface area contributed by atoms with Crippen LogP contribution in [0.3, 0.4) is 0 Å². The smallest absolute Gasteiger partial charge is 0.328 e. The first-order valence-corrected chi connectivity index (χ1v) is 20.1. The first-order valence-electron chi connectivity index (χ1n) is 20.1. The summed E-state index contributed by atoms with van der Waals surface area (Å²) < 4.78 is 23.0. The monoisotopic (exact) mass is 864 g/mol. The van der Waals surface area contributed by atoms with Crippen LogP contribution in [0.25, 0.3) is 21.9 Å². The second-order valence-electron chi connectivity index (χ2n) is 14.9. The number of aromatic hydroxyl groups is 1. The van der Waals surface area contributed by atoms with Gasteiger partial charge in [0.25, 0.3) is 11.8 Å². The second kappa shape index (κ2) is 24.0. The Labute approximate surface area is 359 Å². The number of aliphatic hydroxyl groups is 1. The fourth-order valence-corrected chi connectivity index (χ4v) is 6.44. The third kappa shape index (κ3) is 14.2. The number of benzene rings is 2. The number of phenolic OH excluding ortho intramolecular Hbond substituents is 1. The molecular formula is C43H60N8O11. The van der Waals surface area contributed by atoms with Crippen LogP contribution in [0.4, 0.5) is 0 Å². The van der Waals surface area contributed by atoms with Crippen molar-refractivity contribution < 1.29 is 48.0 Å². The molecule has 0 saturated carbocycles. The normalized spacial score (nSPS) is 11.8. The van der Waals surface area contributed by atoms with Gasteiger partial charge in [-0.2, -0.15) is 0 Å². The molecular weight excluding hydrogens is 805 g/mol. The Morgan fingerprint density at radius 1 is 0.774 bits per heavy atom. The molecule has 0 aliphatic carbocycles. The van der Waals surface area contributed by atoms with Gasteiger partial charge in [0.1, 0.15) is 39.8 Å². The van der Waals surface area contributed by atoms with E-state index in [0.717, 1.165) is 11.1 Å². The Morgan fingerprint density at radius 2 is 1.26 bits per heavy atom. The molecule has 3 aromatic rings. The Hall–Kier alpha value is -6.63. The lowest BCUT2D eigenvalue weighted by Crippen LogP contribution is -2.43. The highest BCUT2D eigenvalue weighted by Crippen LogP contribution is 2.39. The predicted octanol–water partition coefficient (Wildman–Crippen LogP) is 2.15. The van der Waals surface area contributed by atoms with E-state index in [1.165, 1.54) is 19.2 Å². The van der Waals surface area contributed by atoms with Crippen LogP contribution in [0.5, 0.6) is 17.2 Å². The lowest BCUT2D eigenvalue weighted by Gasteiger charge is -2.19. The molecule has 0 aliphatic heterocycles. The van der Waals surface area contributed by atoms with E-state index in [0.29, 0.717) is 18.4 Å². The number of nitrogens with zero attached hydrogens (tertiary/aromatic N) is 2. The summed E-state index contributed by atoms with van der Waals surface area (Å²) in [4.78, 5) is 73.7. The number of ketones is 1. The maximum atomic E-state index is 14.5. The fourth-order valence-electron chi connectivity index (χ4n) is 6.44.